The molecule has 0 aromatic carbocycles. The van der Waals surface area contributed by atoms with Crippen LogP contribution < -0.4 is 0 Å². The van der Waals surface area contributed by atoms with E-state index in [1.807, 2.05) is 5.01 Å². The first-order chi connectivity index (χ1) is 4.22. The largest absolute Gasteiger partial charge is 0.272 e. The minimum Gasteiger partial charge on any atom is -0.272 e. The molecule has 3 heteroatoms. The smallest absolute Gasteiger partial charge is 0.0838 e. The third-order valence-electron chi connectivity index (χ3n) is 1.49. The van der Waals surface area contributed by atoms with E-state index in [-0.39, 0.29) is 0 Å². The van der Waals surface area contributed by atoms with Gasteiger partial charge in [-0.2, -0.15) is 5.11 Å². The lowest BCUT2D eigenvalue weighted by Crippen LogP contribution is -2.31. The van der Waals surface area contributed by atoms with Crippen LogP contribution in [-0.2, 0) is 0 Å². The third kappa shape index (κ3) is 1.20. The van der Waals surface area contributed by atoms with Gasteiger partial charge in [0.25, 0.3) is 0 Å². The van der Waals surface area contributed by atoms with Crippen LogP contribution in [0.4, 0.5) is 0 Å². The molecular weight excluding hydrogens is 114 g/mol. The molecule has 1 rings (SSSR count). The van der Waals surface area contributed by atoms with Crippen molar-refractivity contribution in [2.75, 3.05) is 6.54 Å². The molecule has 9 heavy (non-hydrogen) atoms. The fraction of sp³-hybridized carbons (Fsp3) is 1.00. The van der Waals surface area contributed by atoms with Crippen LogP contribution in [0.5, 0.6) is 0 Å². The Morgan fingerprint density at radius 1 is 1.56 bits per heavy atom. The molecule has 0 saturated heterocycles. The maximum Gasteiger partial charge on any atom is 0.0838 e. The Kier molecular flexibility index (Phi) is 1.69. The Labute approximate surface area is 55.7 Å². The lowest BCUT2D eigenvalue weighted by molar-refractivity contribution is 0.200. The van der Waals surface area contributed by atoms with Crippen LogP contribution in [0.3, 0.4) is 0 Å². The molecule has 0 radical (unpaired) electrons. The molecular formula is C6H13N3. The average Bonchev–Trinajstić information content (AvgIpc) is 2.13. The third-order valence-corrected chi connectivity index (χ3v) is 1.49. The lowest BCUT2D eigenvalue weighted by atomic mass is 10.3. The van der Waals surface area contributed by atoms with Gasteiger partial charge in [0.05, 0.1) is 12.6 Å². The standard InChI is InChI=1S/C6H13N3/c1-5(2)9-6(3)4-7-8-9/h5-6H,4H2,1-3H3. The highest BCUT2D eigenvalue weighted by molar-refractivity contribution is 4.71. The second-order valence-electron chi connectivity index (χ2n) is 2.74. The first-order valence-corrected chi connectivity index (χ1v) is 3.37. The molecule has 3 nitrogen and oxygen atoms in total. The summed E-state index contributed by atoms with van der Waals surface area (Å²) in [5.41, 5.74) is 0. The number of nitrogens with zero attached hydrogens (tertiary/aromatic N) is 3. The van der Waals surface area contributed by atoms with Gasteiger partial charge in [-0.3, -0.25) is 5.01 Å². The highest BCUT2D eigenvalue weighted by Gasteiger charge is 2.18. The maximum absolute atomic E-state index is 3.97. The topological polar surface area (TPSA) is 28.0 Å². The SMILES string of the molecule is CC(C)N1N=NCC1C. The summed E-state index contributed by atoms with van der Waals surface area (Å²) in [5.74, 6) is 0. The van der Waals surface area contributed by atoms with E-state index in [2.05, 4.69) is 31.1 Å². The van der Waals surface area contributed by atoms with Crippen LogP contribution in [0.1, 0.15) is 20.8 Å². The van der Waals surface area contributed by atoms with Crippen molar-refractivity contribution in [1.82, 2.24) is 5.01 Å². The number of hydrogen-bond donors (Lipinski definition) is 0. The van der Waals surface area contributed by atoms with Crippen LogP contribution in [-0.4, -0.2) is 23.6 Å². The molecule has 1 atom stereocenters. The summed E-state index contributed by atoms with van der Waals surface area (Å²) in [4.78, 5) is 0. The molecule has 0 aliphatic carbocycles. The van der Waals surface area contributed by atoms with Crippen LogP contribution in [0, 0.1) is 0 Å². The van der Waals surface area contributed by atoms with Gasteiger partial charge >= 0.3 is 0 Å². The van der Waals surface area contributed by atoms with E-state index < -0.39 is 0 Å². The highest BCUT2D eigenvalue weighted by Crippen LogP contribution is 2.12. The normalized spacial score (nSPS) is 26.2. The van der Waals surface area contributed by atoms with Crippen LogP contribution in [0.2, 0.25) is 0 Å². The first-order valence-electron chi connectivity index (χ1n) is 3.37. The van der Waals surface area contributed by atoms with Gasteiger partial charge in [0, 0.05) is 6.04 Å². The van der Waals surface area contributed by atoms with Gasteiger partial charge in [0.15, 0.2) is 0 Å². The van der Waals surface area contributed by atoms with Crippen molar-refractivity contribution in [3.63, 3.8) is 0 Å². The van der Waals surface area contributed by atoms with Crippen molar-refractivity contribution in [2.24, 2.45) is 10.3 Å². The average molecular weight is 127 g/mol. The zero-order valence-corrected chi connectivity index (χ0v) is 6.20. The predicted molar refractivity (Wildman–Crippen MR) is 36.2 cm³/mol. The molecule has 0 aromatic rings. The Morgan fingerprint density at radius 2 is 2.22 bits per heavy atom. The summed E-state index contributed by atoms with van der Waals surface area (Å²) < 4.78 is 0. The molecule has 0 amide bonds. The van der Waals surface area contributed by atoms with E-state index in [0.717, 1.165) is 6.54 Å². The van der Waals surface area contributed by atoms with Gasteiger partial charge < -0.3 is 0 Å². The van der Waals surface area contributed by atoms with Crippen molar-refractivity contribution >= 4 is 0 Å². The molecule has 0 aromatic heterocycles. The van der Waals surface area contributed by atoms with E-state index in [1.165, 1.54) is 0 Å². The maximum atomic E-state index is 3.97. The molecule has 0 saturated carbocycles. The van der Waals surface area contributed by atoms with Crippen molar-refractivity contribution in [2.45, 2.75) is 32.9 Å². The fourth-order valence-corrected chi connectivity index (χ4v) is 1.01. The predicted octanol–water partition coefficient (Wildman–Crippen LogP) is 1.47. The Hall–Kier alpha value is -0.600. The van der Waals surface area contributed by atoms with E-state index in [1.54, 1.807) is 0 Å². The summed E-state index contributed by atoms with van der Waals surface area (Å²) in [7, 11) is 0. The van der Waals surface area contributed by atoms with E-state index in [4.69, 9.17) is 0 Å². The monoisotopic (exact) mass is 127 g/mol. The molecule has 1 unspecified atom stereocenters. The van der Waals surface area contributed by atoms with Crippen molar-refractivity contribution in [3.8, 4) is 0 Å². The minimum absolute atomic E-state index is 0.492. The first kappa shape index (κ1) is 6.52. The second-order valence-corrected chi connectivity index (χ2v) is 2.74. The molecule has 0 bridgehead atoms. The summed E-state index contributed by atoms with van der Waals surface area (Å²) in [6.07, 6.45) is 0. The summed E-state index contributed by atoms with van der Waals surface area (Å²) >= 11 is 0. The summed E-state index contributed by atoms with van der Waals surface area (Å²) in [5, 5.41) is 9.92. The van der Waals surface area contributed by atoms with Crippen molar-refractivity contribution in [3.05, 3.63) is 0 Å². The second kappa shape index (κ2) is 2.33. The van der Waals surface area contributed by atoms with Crippen molar-refractivity contribution in [1.29, 1.82) is 0 Å². The van der Waals surface area contributed by atoms with E-state index >= 15 is 0 Å². The van der Waals surface area contributed by atoms with Gasteiger partial charge in [-0.05, 0) is 20.8 Å². The van der Waals surface area contributed by atoms with Crippen LogP contribution >= 0.6 is 0 Å². The zero-order valence-electron chi connectivity index (χ0n) is 6.20. The molecule has 0 spiro atoms. The summed E-state index contributed by atoms with van der Waals surface area (Å²) in [6.45, 7) is 7.25. The van der Waals surface area contributed by atoms with Gasteiger partial charge in [-0.1, -0.05) is 5.22 Å². The Bertz CT molecular complexity index is 119. The zero-order chi connectivity index (χ0) is 6.85. The Morgan fingerprint density at radius 3 is 2.44 bits per heavy atom. The van der Waals surface area contributed by atoms with Crippen LogP contribution in [0.15, 0.2) is 10.3 Å². The quantitative estimate of drug-likeness (QED) is 0.524. The van der Waals surface area contributed by atoms with Crippen molar-refractivity contribution < 1.29 is 0 Å². The van der Waals surface area contributed by atoms with Crippen LogP contribution in [0.25, 0.3) is 0 Å². The number of rotatable bonds is 1. The van der Waals surface area contributed by atoms with Gasteiger partial charge in [0.2, 0.25) is 0 Å². The molecule has 0 N–H and O–H groups in total. The molecule has 1 aliphatic heterocycles. The minimum atomic E-state index is 0.492. The van der Waals surface area contributed by atoms with Gasteiger partial charge in [-0.25, -0.2) is 0 Å². The Balaban J connectivity index is 2.49. The molecule has 52 valence electrons. The molecule has 1 aliphatic rings. The van der Waals surface area contributed by atoms with E-state index in [9.17, 15) is 0 Å². The van der Waals surface area contributed by atoms with Gasteiger partial charge in [0.1, 0.15) is 0 Å². The molecule has 1 heterocycles. The highest BCUT2D eigenvalue weighted by atomic mass is 15.6. The number of hydrogen-bond acceptors (Lipinski definition) is 3. The molecule has 0 fully saturated rings. The van der Waals surface area contributed by atoms with Gasteiger partial charge in [-0.15, -0.1) is 0 Å². The summed E-state index contributed by atoms with van der Waals surface area (Å²) in [6, 6.07) is 0.997. The fourth-order valence-electron chi connectivity index (χ4n) is 1.01. The van der Waals surface area contributed by atoms with E-state index in [0.29, 0.717) is 12.1 Å². The lowest BCUT2D eigenvalue weighted by Gasteiger charge is -2.21.